The zero-order valence-corrected chi connectivity index (χ0v) is 10.8. The first-order chi connectivity index (χ1) is 6.79. The number of allylic oxidation sites excluding steroid dienone is 2. The molecule has 0 aromatic heterocycles. The second-order valence-corrected chi connectivity index (χ2v) is 3.48. The van der Waals surface area contributed by atoms with Crippen LogP contribution < -0.4 is 0 Å². The van der Waals surface area contributed by atoms with Crippen molar-refractivity contribution in [2.75, 3.05) is 0 Å². The fraction of sp³-hybridized carbons (Fsp3) is 0.429. The minimum atomic E-state index is 0. The van der Waals surface area contributed by atoms with Gasteiger partial charge in [-0.15, -0.1) is 0 Å². The van der Waals surface area contributed by atoms with E-state index in [9.17, 15) is 0 Å². The van der Waals surface area contributed by atoms with Crippen molar-refractivity contribution in [2.45, 2.75) is 39.9 Å². The van der Waals surface area contributed by atoms with Crippen LogP contribution in [0.25, 0.3) is 0 Å². The molecule has 0 heterocycles. The van der Waals surface area contributed by atoms with Gasteiger partial charge in [-0.3, -0.25) is 0 Å². The van der Waals surface area contributed by atoms with Crippen LogP contribution in [-0.4, -0.2) is 0 Å². The SMILES string of the molecule is C.CC=CC.CCc1ccccc1CBr. The Kier molecular flexibility index (Phi) is 12.9. The third kappa shape index (κ3) is 7.38. The fourth-order valence-corrected chi connectivity index (χ4v) is 1.58. The quantitative estimate of drug-likeness (QED) is 0.501. The molecule has 1 heteroatoms. The molecule has 0 aliphatic rings. The van der Waals surface area contributed by atoms with Gasteiger partial charge in [0, 0.05) is 5.33 Å². The molecule has 15 heavy (non-hydrogen) atoms. The Morgan fingerprint density at radius 3 is 1.80 bits per heavy atom. The average Bonchev–Trinajstić information content (AvgIpc) is 2.29. The van der Waals surface area contributed by atoms with Gasteiger partial charge >= 0.3 is 0 Å². The smallest absolute Gasteiger partial charge is 0.0285 e. The highest BCUT2D eigenvalue weighted by Gasteiger charge is 1.94. The van der Waals surface area contributed by atoms with E-state index in [2.05, 4.69) is 47.1 Å². The molecular weight excluding hydrogens is 248 g/mol. The Balaban J connectivity index is 0. The van der Waals surface area contributed by atoms with Crippen molar-refractivity contribution in [2.24, 2.45) is 0 Å². The molecule has 1 rings (SSSR count). The Bertz CT molecular complexity index is 237. The van der Waals surface area contributed by atoms with Crippen molar-refractivity contribution in [1.82, 2.24) is 0 Å². The third-order valence-corrected chi connectivity index (χ3v) is 2.58. The van der Waals surface area contributed by atoms with E-state index < -0.39 is 0 Å². The first-order valence-electron chi connectivity index (χ1n) is 5.00. The molecule has 0 aliphatic carbocycles. The van der Waals surface area contributed by atoms with Gasteiger partial charge < -0.3 is 0 Å². The lowest BCUT2D eigenvalue weighted by atomic mass is 10.1. The number of aryl methyl sites for hydroxylation is 1. The molecule has 0 unspecified atom stereocenters. The number of hydrogen-bond acceptors (Lipinski definition) is 0. The summed E-state index contributed by atoms with van der Waals surface area (Å²) in [4.78, 5) is 0. The Morgan fingerprint density at radius 2 is 1.53 bits per heavy atom. The molecule has 0 amide bonds. The predicted molar refractivity (Wildman–Crippen MR) is 75.7 cm³/mol. The van der Waals surface area contributed by atoms with Gasteiger partial charge in [0.25, 0.3) is 0 Å². The summed E-state index contributed by atoms with van der Waals surface area (Å²) in [7, 11) is 0. The van der Waals surface area contributed by atoms with Crippen molar-refractivity contribution in [1.29, 1.82) is 0 Å². The third-order valence-electron chi connectivity index (χ3n) is 1.98. The zero-order valence-electron chi connectivity index (χ0n) is 9.26. The molecule has 0 saturated heterocycles. The van der Waals surface area contributed by atoms with Gasteiger partial charge in [0.05, 0.1) is 0 Å². The molecule has 0 nitrogen and oxygen atoms in total. The Hall–Kier alpha value is -0.560. The van der Waals surface area contributed by atoms with Crippen LogP contribution in [0.2, 0.25) is 0 Å². The van der Waals surface area contributed by atoms with E-state index in [4.69, 9.17) is 0 Å². The van der Waals surface area contributed by atoms with Gasteiger partial charge in [0.2, 0.25) is 0 Å². The van der Waals surface area contributed by atoms with Crippen molar-refractivity contribution in [3.05, 3.63) is 47.5 Å². The zero-order chi connectivity index (χ0) is 10.8. The molecule has 86 valence electrons. The van der Waals surface area contributed by atoms with E-state index in [0.717, 1.165) is 11.8 Å². The van der Waals surface area contributed by atoms with E-state index in [1.54, 1.807) is 0 Å². The molecule has 0 fully saturated rings. The number of rotatable bonds is 2. The van der Waals surface area contributed by atoms with Crippen LogP contribution in [-0.2, 0) is 11.8 Å². The number of halogens is 1. The molecule has 0 N–H and O–H groups in total. The van der Waals surface area contributed by atoms with Gasteiger partial charge in [-0.1, -0.05) is 66.7 Å². The number of hydrogen-bond donors (Lipinski definition) is 0. The van der Waals surface area contributed by atoms with E-state index in [-0.39, 0.29) is 7.43 Å². The predicted octanol–water partition coefficient (Wildman–Crippen LogP) is 5.36. The van der Waals surface area contributed by atoms with Crippen LogP contribution in [0.3, 0.4) is 0 Å². The summed E-state index contributed by atoms with van der Waals surface area (Å²) in [5, 5.41) is 0.969. The molecule has 0 atom stereocenters. The van der Waals surface area contributed by atoms with Crippen molar-refractivity contribution in [3.63, 3.8) is 0 Å². The highest BCUT2D eigenvalue weighted by atomic mass is 79.9. The monoisotopic (exact) mass is 270 g/mol. The normalized spacial score (nSPS) is 9.07. The summed E-state index contributed by atoms with van der Waals surface area (Å²) < 4.78 is 0. The highest BCUT2D eigenvalue weighted by molar-refractivity contribution is 9.08. The van der Waals surface area contributed by atoms with Crippen molar-refractivity contribution < 1.29 is 0 Å². The minimum Gasteiger partial charge on any atom is -0.0919 e. The Morgan fingerprint density at radius 1 is 1.07 bits per heavy atom. The Labute approximate surface area is 104 Å². The van der Waals surface area contributed by atoms with E-state index in [1.807, 2.05) is 26.0 Å². The first-order valence-corrected chi connectivity index (χ1v) is 6.12. The lowest BCUT2D eigenvalue weighted by Gasteiger charge is -2.01. The van der Waals surface area contributed by atoms with E-state index >= 15 is 0 Å². The molecule has 0 radical (unpaired) electrons. The largest absolute Gasteiger partial charge is 0.0919 e. The van der Waals surface area contributed by atoms with Crippen LogP contribution in [0.5, 0.6) is 0 Å². The summed E-state index contributed by atoms with van der Waals surface area (Å²) in [5.41, 5.74) is 2.85. The summed E-state index contributed by atoms with van der Waals surface area (Å²) in [6.45, 7) is 6.18. The minimum absolute atomic E-state index is 0. The van der Waals surface area contributed by atoms with Gasteiger partial charge in [-0.2, -0.15) is 0 Å². The summed E-state index contributed by atoms with van der Waals surface area (Å²) in [6, 6.07) is 8.50. The van der Waals surface area contributed by atoms with Crippen molar-refractivity contribution >= 4 is 15.9 Å². The lowest BCUT2D eigenvalue weighted by molar-refractivity contribution is 1.10. The highest BCUT2D eigenvalue weighted by Crippen LogP contribution is 2.12. The fourth-order valence-electron chi connectivity index (χ4n) is 1.03. The summed E-state index contributed by atoms with van der Waals surface area (Å²) in [5.74, 6) is 0. The molecule has 0 aliphatic heterocycles. The molecular formula is C14H23Br. The van der Waals surface area contributed by atoms with Crippen LogP contribution in [0.4, 0.5) is 0 Å². The van der Waals surface area contributed by atoms with Gasteiger partial charge in [-0.05, 0) is 31.4 Å². The second kappa shape index (κ2) is 11.5. The first kappa shape index (κ1) is 16.9. The molecule has 1 aromatic rings. The summed E-state index contributed by atoms with van der Waals surface area (Å²) >= 11 is 3.45. The number of alkyl halides is 1. The maximum absolute atomic E-state index is 3.45. The average molecular weight is 271 g/mol. The number of benzene rings is 1. The van der Waals surface area contributed by atoms with E-state index in [0.29, 0.717) is 0 Å². The molecule has 0 saturated carbocycles. The molecule has 0 bridgehead atoms. The van der Waals surface area contributed by atoms with Crippen LogP contribution in [0.15, 0.2) is 36.4 Å². The second-order valence-electron chi connectivity index (χ2n) is 2.92. The van der Waals surface area contributed by atoms with Gasteiger partial charge in [0.15, 0.2) is 0 Å². The van der Waals surface area contributed by atoms with Crippen LogP contribution in [0.1, 0.15) is 39.3 Å². The van der Waals surface area contributed by atoms with Crippen molar-refractivity contribution in [3.8, 4) is 0 Å². The van der Waals surface area contributed by atoms with Gasteiger partial charge in [0.1, 0.15) is 0 Å². The molecule has 1 aromatic carbocycles. The maximum Gasteiger partial charge on any atom is 0.0285 e. The van der Waals surface area contributed by atoms with E-state index in [1.165, 1.54) is 11.1 Å². The van der Waals surface area contributed by atoms with Crippen LogP contribution in [0, 0.1) is 0 Å². The molecule has 0 spiro atoms. The lowest BCUT2D eigenvalue weighted by Crippen LogP contribution is -1.86. The maximum atomic E-state index is 3.45. The van der Waals surface area contributed by atoms with Gasteiger partial charge in [-0.25, -0.2) is 0 Å². The standard InChI is InChI=1S/C9H11Br.C4H8.CH4/c1-2-8-5-3-4-6-9(8)7-10;1-3-4-2;/h3-6H,2,7H2,1H3;3-4H,1-2H3;1H4. The topological polar surface area (TPSA) is 0 Å². The van der Waals surface area contributed by atoms with Crippen LogP contribution >= 0.6 is 15.9 Å². The summed E-state index contributed by atoms with van der Waals surface area (Å²) in [6.07, 6.45) is 5.13.